The van der Waals surface area contributed by atoms with E-state index in [-0.39, 0.29) is 12.9 Å². The van der Waals surface area contributed by atoms with Crippen LogP contribution in [0.4, 0.5) is 0 Å². The Morgan fingerprint density at radius 1 is 1.03 bits per heavy atom. The molecule has 0 radical (unpaired) electrons. The van der Waals surface area contributed by atoms with Crippen molar-refractivity contribution < 1.29 is 18.7 Å². The highest BCUT2D eigenvalue weighted by Crippen LogP contribution is 2.36. The number of hydrogen-bond donors (Lipinski definition) is 0. The lowest BCUT2D eigenvalue weighted by Crippen LogP contribution is -2.22. The Bertz CT molecular complexity index is 1240. The monoisotopic (exact) mass is 423 g/mol. The normalized spacial score (nSPS) is 17.2. The van der Waals surface area contributed by atoms with Gasteiger partial charge in [0, 0.05) is 10.6 Å². The van der Waals surface area contributed by atoms with Crippen molar-refractivity contribution in [3.05, 3.63) is 58.7 Å². The number of ether oxygens (including phenoxy) is 3. The van der Waals surface area contributed by atoms with Gasteiger partial charge >= 0.3 is 0 Å². The summed E-state index contributed by atoms with van der Waals surface area (Å²) in [5.41, 5.74) is 3.11. The van der Waals surface area contributed by atoms with Gasteiger partial charge in [-0.05, 0) is 35.9 Å². The number of hydrogen-bond acceptors (Lipinski definition) is 8. The van der Waals surface area contributed by atoms with Crippen LogP contribution in [0.2, 0.25) is 5.02 Å². The maximum atomic E-state index is 6.03. The van der Waals surface area contributed by atoms with Crippen LogP contribution in [0.3, 0.4) is 0 Å². The summed E-state index contributed by atoms with van der Waals surface area (Å²) >= 11 is 5.97. The molecule has 0 N–H and O–H groups in total. The van der Waals surface area contributed by atoms with Crippen LogP contribution in [0.25, 0.3) is 23.0 Å². The van der Waals surface area contributed by atoms with Crippen molar-refractivity contribution in [1.82, 2.24) is 25.1 Å². The van der Waals surface area contributed by atoms with Crippen LogP contribution < -0.4 is 9.47 Å². The zero-order valence-corrected chi connectivity index (χ0v) is 16.2. The summed E-state index contributed by atoms with van der Waals surface area (Å²) < 4.78 is 24.0. The third kappa shape index (κ3) is 2.90. The third-order valence-electron chi connectivity index (χ3n) is 5.10. The van der Waals surface area contributed by atoms with E-state index >= 15 is 0 Å². The highest BCUT2D eigenvalue weighted by Gasteiger charge is 2.28. The zero-order chi connectivity index (χ0) is 20.1. The maximum absolute atomic E-state index is 6.03. The predicted molar refractivity (Wildman–Crippen MR) is 104 cm³/mol. The van der Waals surface area contributed by atoms with Crippen molar-refractivity contribution in [3.8, 4) is 34.5 Å². The third-order valence-corrected chi connectivity index (χ3v) is 5.35. The number of halogens is 1. The van der Waals surface area contributed by atoms with Crippen LogP contribution in [0, 0.1) is 0 Å². The average molecular weight is 424 g/mol. The van der Waals surface area contributed by atoms with Crippen molar-refractivity contribution in [2.75, 3.05) is 6.79 Å². The van der Waals surface area contributed by atoms with E-state index in [4.69, 9.17) is 30.3 Å². The molecule has 30 heavy (non-hydrogen) atoms. The summed E-state index contributed by atoms with van der Waals surface area (Å²) in [7, 11) is 0. The smallest absolute Gasteiger partial charge is 0.258 e. The number of nitrogens with zero attached hydrogens (tertiary/aromatic N) is 5. The molecule has 1 atom stereocenters. The lowest BCUT2D eigenvalue weighted by Gasteiger charge is -2.24. The first-order valence-corrected chi connectivity index (χ1v) is 9.66. The summed E-state index contributed by atoms with van der Waals surface area (Å²) in [6.07, 6.45) is -0.126. The number of benzene rings is 2. The molecule has 2 aromatic heterocycles. The van der Waals surface area contributed by atoms with Crippen LogP contribution in [-0.2, 0) is 17.9 Å². The van der Waals surface area contributed by atoms with Gasteiger partial charge in [0.2, 0.25) is 12.6 Å². The molecule has 2 aliphatic heterocycles. The molecule has 0 unspecified atom stereocenters. The molecule has 0 fully saturated rings. The van der Waals surface area contributed by atoms with Crippen molar-refractivity contribution in [2.45, 2.75) is 19.3 Å². The molecule has 0 bridgehead atoms. The van der Waals surface area contributed by atoms with E-state index in [1.54, 1.807) is 6.07 Å². The molecule has 10 heteroatoms. The Hall–Kier alpha value is -3.43. The molecule has 4 aromatic rings. The van der Waals surface area contributed by atoms with Gasteiger partial charge in [0.15, 0.2) is 17.2 Å². The molecule has 0 saturated heterocycles. The van der Waals surface area contributed by atoms with E-state index in [0.717, 1.165) is 16.8 Å². The summed E-state index contributed by atoms with van der Waals surface area (Å²) in [4.78, 5) is 4.48. The Kier molecular flexibility index (Phi) is 3.96. The van der Waals surface area contributed by atoms with Gasteiger partial charge in [-0.15, -0.1) is 5.10 Å². The molecule has 150 valence electrons. The largest absolute Gasteiger partial charge is 0.454 e. The predicted octanol–water partition coefficient (Wildman–Crippen LogP) is 3.65. The number of aromatic nitrogens is 5. The van der Waals surface area contributed by atoms with Crippen LogP contribution >= 0.6 is 11.6 Å². The maximum Gasteiger partial charge on any atom is 0.258 e. The second-order valence-electron chi connectivity index (χ2n) is 6.91. The van der Waals surface area contributed by atoms with Crippen molar-refractivity contribution in [1.29, 1.82) is 0 Å². The molecular weight excluding hydrogens is 410 g/mol. The second kappa shape index (κ2) is 6.82. The van der Waals surface area contributed by atoms with Crippen LogP contribution in [0.1, 0.15) is 17.4 Å². The van der Waals surface area contributed by atoms with Gasteiger partial charge in [-0.2, -0.15) is 4.98 Å². The highest BCUT2D eigenvalue weighted by atomic mass is 35.5. The molecule has 9 nitrogen and oxygen atoms in total. The summed E-state index contributed by atoms with van der Waals surface area (Å²) in [5, 5.41) is 13.3. The van der Waals surface area contributed by atoms with Gasteiger partial charge in [0.05, 0.1) is 18.8 Å². The van der Waals surface area contributed by atoms with Gasteiger partial charge in [-0.1, -0.05) is 34.1 Å². The standard InChI is InChI=1S/C20H14ClN5O4/c21-13-4-1-11(2-5-13)17-8-26-14(9-27-17)18(23-25-26)19-22-20(30-24-19)12-3-6-15-16(7-12)29-10-28-15/h1-7,17H,8-10H2/t17-/m1/s1. The fraction of sp³-hybridized carbons (Fsp3) is 0.200. The highest BCUT2D eigenvalue weighted by molar-refractivity contribution is 6.30. The minimum Gasteiger partial charge on any atom is -0.454 e. The van der Waals surface area contributed by atoms with E-state index in [2.05, 4.69) is 20.5 Å². The van der Waals surface area contributed by atoms with Crippen LogP contribution in [0.15, 0.2) is 47.0 Å². The van der Waals surface area contributed by atoms with E-state index in [1.807, 2.05) is 41.1 Å². The van der Waals surface area contributed by atoms with Gasteiger partial charge < -0.3 is 18.7 Å². The molecule has 0 spiro atoms. The lowest BCUT2D eigenvalue weighted by atomic mass is 10.1. The molecule has 2 aromatic carbocycles. The summed E-state index contributed by atoms with van der Waals surface area (Å²) in [5.74, 6) is 2.06. The van der Waals surface area contributed by atoms with Gasteiger partial charge in [-0.3, -0.25) is 0 Å². The Morgan fingerprint density at radius 2 is 1.90 bits per heavy atom. The minimum atomic E-state index is -0.126. The SMILES string of the molecule is Clc1ccc([C@H]2Cn3nnc(-c4noc(-c5ccc6c(c5)OCO6)n4)c3CO2)cc1. The molecular formula is C20H14ClN5O4. The first kappa shape index (κ1) is 17.4. The molecule has 0 saturated carbocycles. The fourth-order valence-electron chi connectivity index (χ4n) is 3.53. The summed E-state index contributed by atoms with van der Waals surface area (Å²) in [6, 6.07) is 13.1. The average Bonchev–Trinajstić information content (AvgIpc) is 3.51. The van der Waals surface area contributed by atoms with Crippen molar-refractivity contribution >= 4 is 11.6 Å². The second-order valence-corrected chi connectivity index (χ2v) is 7.35. The van der Waals surface area contributed by atoms with Crippen molar-refractivity contribution in [3.63, 3.8) is 0 Å². The molecule has 6 rings (SSSR count). The number of rotatable bonds is 3. The van der Waals surface area contributed by atoms with E-state index in [9.17, 15) is 0 Å². The van der Waals surface area contributed by atoms with E-state index in [0.29, 0.717) is 47.1 Å². The van der Waals surface area contributed by atoms with Gasteiger partial charge in [-0.25, -0.2) is 4.68 Å². The van der Waals surface area contributed by atoms with E-state index < -0.39 is 0 Å². The minimum absolute atomic E-state index is 0.126. The molecule has 0 amide bonds. The molecule has 0 aliphatic carbocycles. The Morgan fingerprint density at radius 3 is 2.80 bits per heavy atom. The first-order valence-electron chi connectivity index (χ1n) is 9.28. The van der Waals surface area contributed by atoms with Gasteiger partial charge in [0.1, 0.15) is 6.10 Å². The topological polar surface area (TPSA) is 97.3 Å². The Balaban J connectivity index is 1.27. The van der Waals surface area contributed by atoms with Crippen LogP contribution in [-0.4, -0.2) is 31.9 Å². The fourth-order valence-corrected chi connectivity index (χ4v) is 3.66. The van der Waals surface area contributed by atoms with Crippen LogP contribution in [0.5, 0.6) is 11.5 Å². The zero-order valence-electron chi connectivity index (χ0n) is 15.5. The van der Waals surface area contributed by atoms with Gasteiger partial charge in [0.25, 0.3) is 5.89 Å². The lowest BCUT2D eigenvalue weighted by molar-refractivity contribution is -0.00112. The van der Waals surface area contributed by atoms with E-state index in [1.165, 1.54) is 0 Å². The Labute approximate surface area is 175 Å². The molecule has 4 heterocycles. The van der Waals surface area contributed by atoms with Crippen molar-refractivity contribution in [2.24, 2.45) is 0 Å². The first-order chi connectivity index (χ1) is 14.7. The number of fused-ring (bicyclic) bond motifs is 2. The quantitative estimate of drug-likeness (QED) is 0.492. The molecule has 2 aliphatic rings. The summed E-state index contributed by atoms with van der Waals surface area (Å²) in [6.45, 7) is 1.08.